The second-order valence-corrected chi connectivity index (χ2v) is 4.58. The summed E-state index contributed by atoms with van der Waals surface area (Å²) in [6, 6.07) is 8.16. The van der Waals surface area contributed by atoms with Gasteiger partial charge in [0, 0.05) is 18.8 Å². The highest BCUT2D eigenvalue weighted by molar-refractivity contribution is 5.31. The molecule has 0 spiro atoms. The molecule has 1 aliphatic rings. The van der Waals surface area contributed by atoms with Crippen LogP contribution < -0.4 is 10.5 Å². The minimum atomic E-state index is -0.235. The van der Waals surface area contributed by atoms with E-state index in [4.69, 9.17) is 15.2 Å². The van der Waals surface area contributed by atoms with Crippen LogP contribution in [0.5, 0.6) is 5.75 Å². The fourth-order valence-corrected chi connectivity index (χ4v) is 2.31. The van der Waals surface area contributed by atoms with Gasteiger partial charge in [-0.15, -0.1) is 0 Å². The fourth-order valence-electron chi connectivity index (χ4n) is 2.31. The zero-order valence-electron chi connectivity index (χ0n) is 10.4. The molecule has 1 fully saturated rings. The number of nitrogens with two attached hydrogens (primary N) is 1. The topological polar surface area (TPSA) is 44.5 Å². The van der Waals surface area contributed by atoms with Crippen molar-refractivity contribution in [3.8, 4) is 5.75 Å². The molecule has 1 saturated heterocycles. The molecule has 0 aromatic heterocycles. The summed E-state index contributed by atoms with van der Waals surface area (Å²) in [5.74, 6) is 0.907. The van der Waals surface area contributed by atoms with Crippen LogP contribution in [0.15, 0.2) is 24.3 Å². The van der Waals surface area contributed by atoms with Gasteiger partial charge in [0.25, 0.3) is 0 Å². The lowest BCUT2D eigenvalue weighted by atomic mass is 9.84. The molecule has 1 heterocycles. The molecule has 1 aromatic rings. The first-order chi connectivity index (χ1) is 8.24. The monoisotopic (exact) mass is 235 g/mol. The molecule has 3 nitrogen and oxygen atoms in total. The zero-order valence-corrected chi connectivity index (χ0v) is 10.4. The van der Waals surface area contributed by atoms with E-state index in [1.165, 1.54) is 5.56 Å². The minimum Gasteiger partial charge on any atom is -0.494 e. The second-order valence-electron chi connectivity index (χ2n) is 4.58. The van der Waals surface area contributed by atoms with Gasteiger partial charge in [-0.2, -0.15) is 0 Å². The predicted molar refractivity (Wildman–Crippen MR) is 68.1 cm³/mol. The Morgan fingerprint density at radius 3 is 2.71 bits per heavy atom. The minimum absolute atomic E-state index is 0.235. The SMILES string of the molecule is CCOc1ccc(C2(N)CCCOCC2)cc1. The first kappa shape index (κ1) is 12.4. The maximum absolute atomic E-state index is 6.48. The van der Waals surface area contributed by atoms with Crippen LogP contribution in [-0.4, -0.2) is 19.8 Å². The maximum atomic E-state index is 6.48. The largest absolute Gasteiger partial charge is 0.494 e. The summed E-state index contributed by atoms with van der Waals surface area (Å²) in [4.78, 5) is 0. The smallest absolute Gasteiger partial charge is 0.119 e. The number of rotatable bonds is 3. The highest BCUT2D eigenvalue weighted by Crippen LogP contribution is 2.30. The van der Waals surface area contributed by atoms with E-state index in [0.29, 0.717) is 6.61 Å². The predicted octanol–water partition coefficient (Wildman–Crippen LogP) is 2.44. The van der Waals surface area contributed by atoms with E-state index < -0.39 is 0 Å². The molecular weight excluding hydrogens is 214 g/mol. The summed E-state index contributed by atoms with van der Waals surface area (Å²) in [7, 11) is 0. The van der Waals surface area contributed by atoms with Crippen LogP contribution in [0.3, 0.4) is 0 Å². The second kappa shape index (κ2) is 5.52. The molecule has 1 unspecified atom stereocenters. The molecule has 1 atom stereocenters. The van der Waals surface area contributed by atoms with Crippen LogP contribution >= 0.6 is 0 Å². The molecule has 2 N–H and O–H groups in total. The summed E-state index contributed by atoms with van der Waals surface area (Å²) in [5, 5.41) is 0. The standard InChI is InChI=1S/C14H21NO2/c1-2-17-13-6-4-12(5-7-13)14(15)8-3-10-16-11-9-14/h4-7H,2-3,8-11,15H2,1H3. The Morgan fingerprint density at radius 1 is 1.24 bits per heavy atom. The van der Waals surface area contributed by atoms with Crippen molar-refractivity contribution >= 4 is 0 Å². The van der Waals surface area contributed by atoms with Crippen LogP contribution in [0.1, 0.15) is 31.7 Å². The molecule has 3 heteroatoms. The van der Waals surface area contributed by atoms with E-state index in [0.717, 1.165) is 38.2 Å². The van der Waals surface area contributed by atoms with Crippen molar-refractivity contribution in [2.45, 2.75) is 31.7 Å². The lowest BCUT2D eigenvalue weighted by Crippen LogP contribution is -2.36. The van der Waals surface area contributed by atoms with Gasteiger partial charge < -0.3 is 15.2 Å². The summed E-state index contributed by atoms with van der Waals surface area (Å²) < 4.78 is 10.9. The third-order valence-corrected chi connectivity index (χ3v) is 3.34. The Morgan fingerprint density at radius 2 is 2.00 bits per heavy atom. The number of hydrogen-bond donors (Lipinski definition) is 1. The van der Waals surface area contributed by atoms with E-state index in [9.17, 15) is 0 Å². The number of hydrogen-bond acceptors (Lipinski definition) is 3. The average Bonchev–Trinajstić information content (AvgIpc) is 2.56. The molecule has 1 aromatic carbocycles. The molecule has 2 rings (SSSR count). The molecule has 0 saturated carbocycles. The Balaban J connectivity index is 2.14. The van der Waals surface area contributed by atoms with E-state index in [2.05, 4.69) is 12.1 Å². The van der Waals surface area contributed by atoms with E-state index >= 15 is 0 Å². The van der Waals surface area contributed by atoms with Gasteiger partial charge in [0.15, 0.2) is 0 Å². The molecule has 17 heavy (non-hydrogen) atoms. The van der Waals surface area contributed by atoms with Crippen molar-refractivity contribution in [1.82, 2.24) is 0 Å². The molecule has 0 amide bonds. The zero-order chi connectivity index (χ0) is 12.1. The van der Waals surface area contributed by atoms with Crippen molar-refractivity contribution in [2.24, 2.45) is 5.73 Å². The summed E-state index contributed by atoms with van der Waals surface area (Å²) in [6.45, 7) is 4.27. The molecule has 0 bridgehead atoms. The molecule has 94 valence electrons. The summed E-state index contributed by atoms with van der Waals surface area (Å²) >= 11 is 0. The molecule has 0 aliphatic carbocycles. The molecule has 0 radical (unpaired) electrons. The average molecular weight is 235 g/mol. The Kier molecular flexibility index (Phi) is 4.02. The van der Waals surface area contributed by atoms with Crippen LogP contribution in [0.25, 0.3) is 0 Å². The fraction of sp³-hybridized carbons (Fsp3) is 0.571. The quantitative estimate of drug-likeness (QED) is 0.875. The van der Waals surface area contributed by atoms with Gasteiger partial charge in [-0.25, -0.2) is 0 Å². The van der Waals surface area contributed by atoms with Crippen LogP contribution in [0, 0.1) is 0 Å². The van der Waals surface area contributed by atoms with Crippen molar-refractivity contribution < 1.29 is 9.47 Å². The summed E-state index contributed by atoms with van der Waals surface area (Å²) in [6.07, 6.45) is 2.91. The van der Waals surface area contributed by atoms with Gasteiger partial charge in [0.05, 0.1) is 6.61 Å². The third-order valence-electron chi connectivity index (χ3n) is 3.34. The first-order valence-electron chi connectivity index (χ1n) is 6.34. The van der Waals surface area contributed by atoms with E-state index in [-0.39, 0.29) is 5.54 Å². The van der Waals surface area contributed by atoms with Crippen LogP contribution in [0.2, 0.25) is 0 Å². The van der Waals surface area contributed by atoms with E-state index in [1.54, 1.807) is 0 Å². The van der Waals surface area contributed by atoms with Crippen LogP contribution in [0.4, 0.5) is 0 Å². The van der Waals surface area contributed by atoms with Crippen molar-refractivity contribution in [2.75, 3.05) is 19.8 Å². The highest BCUT2D eigenvalue weighted by Gasteiger charge is 2.28. The molecule has 1 aliphatic heterocycles. The number of benzene rings is 1. The van der Waals surface area contributed by atoms with Crippen molar-refractivity contribution in [3.63, 3.8) is 0 Å². The van der Waals surface area contributed by atoms with Gasteiger partial charge >= 0.3 is 0 Å². The third kappa shape index (κ3) is 2.99. The van der Waals surface area contributed by atoms with Gasteiger partial charge in [-0.3, -0.25) is 0 Å². The normalized spacial score (nSPS) is 25.3. The van der Waals surface area contributed by atoms with E-state index in [1.807, 2.05) is 19.1 Å². The Hall–Kier alpha value is -1.06. The van der Waals surface area contributed by atoms with Gasteiger partial charge in [-0.1, -0.05) is 12.1 Å². The maximum Gasteiger partial charge on any atom is 0.119 e. The van der Waals surface area contributed by atoms with Crippen molar-refractivity contribution in [1.29, 1.82) is 0 Å². The Labute approximate surface area is 103 Å². The lowest BCUT2D eigenvalue weighted by molar-refractivity contribution is 0.139. The van der Waals surface area contributed by atoms with Crippen LogP contribution in [-0.2, 0) is 10.3 Å². The highest BCUT2D eigenvalue weighted by atomic mass is 16.5. The van der Waals surface area contributed by atoms with Gasteiger partial charge in [0.2, 0.25) is 0 Å². The Bertz CT molecular complexity index is 340. The van der Waals surface area contributed by atoms with Gasteiger partial charge in [0.1, 0.15) is 5.75 Å². The van der Waals surface area contributed by atoms with Gasteiger partial charge in [-0.05, 0) is 43.9 Å². The first-order valence-corrected chi connectivity index (χ1v) is 6.34. The van der Waals surface area contributed by atoms with Crippen molar-refractivity contribution in [3.05, 3.63) is 29.8 Å². The number of ether oxygens (including phenoxy) is 2. The summed E-state index contributed by atoms with van der Waals surface area (Å²) in [5.41, 5.74) is 7.44. The lowest BCUT2D eigenvalue weighted by Gasteiger charge is -2.28. The molecular formula is C14H21NO2.